The molecule has 0 aliphatic heterocycles. The van der Waals surface area contributed by atoms with Crippen LogP contribution in [0.3, 0.4) is 0 Å². The Morgan fingerprint density at radius 2 is 1.12 bits per heavy atom. The highest BCUT2D eigenvalue weighted by atomic mass is 28.3. The maximum atomic E-state index is 2.55. The highest BCUT2D eigenvalue weighted by Crippen LogP contribution is 2.41. The average molecular weight is 361 g/mol. The molecule has 26 heavy (non-hydrogen) atoms. The number of hydrogen-bond donors (Lipinski definition) is 0. The van der Waals surface area contributed by atoms with Gasteiger partial charge in [0.05, 0.1) is 8.07 Å². The lowest BCUT2D eigenvalue weighted by atomic mass is 9.83. The second-order valence-electron chi connectivity index (χ2n) is 9.19. The van der Waals surface area contributed by atoms with Gasteiger partial charge in [-0.15, -0.1) is 0 Å². The Morgan fingerprint density at radius 3 is 1.46 bits per heavy atom. The summed E-state index contributed by atoms with van der Waals surface area (Å²) in [4.78, 5) is 0. The van der Waals surface area contributed by atoms with E-state index in [0.717, 1.165) is 0 Å². The molecular formula is C25H32Si. The van der Waals surface area contributed by atoms with Gasteiger partial charge in [-0.25, -0.2) is 0 Å². The average Bonchev–Trinajstić information content (AvgIpc) is 2.95. The van der Waals surface area contributed by atoms with Gasteiger partial charge >= 0.3 is 0 Å². The maximum absolute atomic E-state index is 2.55. The van der Waals surface area contributed by atoms with Crippen molar-refractivity contribution in [3.63, 3.8) is 0 Å². The number of benzene rings is 2. The second kappa shape index (κ2) is 7.04. The number of allylic oxidation sites excluding steroid dienone is 4. The Balaban J connectivity index is 2.16. The van der Waals surface area contributed by atoms with Crippen LogP contribution in [0.1, 0.15) is 39.3 Å². The van der Waals surface area contributed by atoms with Crippen molar-refractivity contribution in [3.05, 3.63) is 93.6 Å². The van der Waals surface area contributed by atoms with E-state index < -0.39 is 8.07 Å². The van der Waals surface area contributed by atoms with Gasteiger partial charge in [0.15, 0.2) is 0 Å². The molecule has 136 valence electrons. The first-order valence-electron chi connectivity index (χ1n) is 9.70. The topological polar surface area (TPSA) is 0 Å². The highest BCUT2D eigenvalue weighted by Gasteiger charge is 2.29. The van der Waals surface area contributed by atoms with E-state index in [9.17, 15) is 0 Å². The molecule has 0 N–H and O–H groups in total. The molecule has 0 radical (unpaired) electrons. The van der Waals surface area contributed by atoms with Gasteiger partial charge in [-0.05, 0) is 49.9 Å². The Morgan fingerprint density at radius 1 is 0.692 bits per heavy atom. The van der Waals surface area contributed by atoms with E-state index in [1.807, 2.05) is 0 Å². The molecule has 0 saturated heterocycles. The zero-order chi connectivity index (χ0) is 19.1. The Labute approximate surface area is 160 Å². The first kappa shape index (κ1) is 18.9. The summed E-state index contributed by atoms with van der Waals surface area (Å²) in [6.07, 6.45) is 7.38. The number of aryl methyl sites for hydroxylation is 4. The van der Waals surface area contributed by atoms with Crippen molar-refractivity contribution in [3.8, 4) is 0 Å². The summed E-state index contributed by atoms with van der Waals surface area (Å²) in [5.74, 6) is 0.324. The second-order valence-corrected chi connectivity index (χ2v) is 14.6. The summed E-state index contributed by atoms with van der Waals surface area (Å²) in [5.41, 5.74) is 10.3. The molecule has 1 unspecified atom stereocenters. The third kappa shape index (κ3) is 4.10. The van der Waals surface area contributed by atoms with E-state index in [-0.39, 0.29) is 0 Å². The molecule has 0 aromatic heterocycles. The lowest BCUT2D eigenvalue weighted by Gasteiger charge is -2.23. The molecule has 2 aromatic rings. The molecule has 1 heteroatoms. The van der Waals surface area contributed by atoms with Crippen molar-refractivity contribution < 1.29 is 0 Å². The summed E-state index contributed by atoms with van der Waals surface area (Å²) >= 11 is 0. The molecule has 0 amide bonds. The van der Waals surface area contributed by atoms with E-state index >= 15 is 0 Å². The zero-order valence-electron chi connectivity index (χ0n) is 17.4. The predicted molar refractivity (Wildman–Crippen MR) is 118 cm³/mol. The monoisotopic (exact) mass is 360 g/mol. The van der Waals surface area contributed by atoms with Crippen LogP contribution in [0.2, 0.25) is 25.2 Å². The van der Waals surface area contributed by atoms with Crippen molar-refractivity contribution in [1.29, 1.82) is 0 Å². The van der Waals surface area contributed by atoms with Gasteiger partial charge in [-0.2, -0.15) is 0 Å². The Bertz CT molecular complexity index is 786. The minimum Gasteiger partial charge on any atom is -0.0800 e. The summed E-state index contributed by atoms with van der Waals surface area (Å²) in [6, 6.07) is 14.0. The van der Waals surface area contributed by atoms with Gasteiger partial charge in [0.25, 0.3) is 0 Å². The predicted octanol–water partition coefficient (Wildman–Crippen LogP) is 7.26. The van der Waals surface area contributed by atoms with Crippen LogP contribution in [0, 0.1) is 27.7 Å². The summed E-state index contributed by atoms with van der Waals surface area (Å²) in [5, 5.41) is 0. The van der Waals surface area contributed by atoms with Gasteiger partial charge in [0, 0.05) is 5.92 Å². The quantitative estimate of drug-likeness (QED) is 0.503. The molecule has 0 nitrogen and oxygen atoms in total. The fourth-order valence-corrected chi connectivity index (χ4v) is 5.56. The van der Waals surface area contributed by atoms with Crippen LogP contribution in [-0.2, 0) is 0 Å². The van der Waals surface area contributed by atoms with Crippen LogP contribution < -0.4 is 0 Å². The van der Waals surface area contributed by atoms with E-state index in [2.05, 4.69) is 102 Å². The van der Waals surface area contributed by atoms with Crippen molar-refractivity contribution in [1.82, 2.24) is 0 Å². The molecule has 1 aliphatic carbocycles. The fourth-order valence-electron chi connectivity index (χ4n) is 4.19. The largest absolute Gasteiger partial charge is 0.0800 e. The summed E-state index contributed by atoms with van der Waals surface area (Å²) in [6.45, 7) is 16.2. The van der Waals surface area contributed by atoms with Crippen molar-refractivity contribution in [2.24, 2.45) is 0 Å². The molecular weight excluding hydrogens is 328 g/mol. The Hall–Kier alpha value is -1.86. The first-order chi connectivity index (χ1) is 12.1. The summed E-state index contributed by atoms with van der Waals surface area (Å²) in [7, 11) is -1.22. The van der Waals surface area contributed by atoms with Crippen LogP contribution in [0.25, 0.3) is 0 Å². The summed E-state index contributed by atoms with van der Waals surface area (Å²) < 4.78 is 0. The van der Waals surface area contributed by atoms with E-state index in [1.165, 1.54) is 39.0 Å². The van der Waals surface area contributed by atoms with Crippen LogP contribution in [0.5, 0.6) is 0 Å². The molecule has 0 heterocycles. The zero-order valence-corrected chi connectivity index (χ0v) is 18.4. The SMILES string of the molecule is Cc1cc(C)cc(C(C2=CC([Si](C)(C)C)C=C2)c2cc(C)cc(C)c2)c1. The van der Waals surface area contributed by atoms with Crippen LogP contribution in [0.4, 0.5) is 0 Å². The molecule has 2 aromatic carbocycles. The minimum atomic E-state index is -1.22. The van der Waals surface area contributed by atoms with Gasteiger partial charge in [0.1, 0.15) is 0 Å². The first-order valence-corrected chi connectivity index (χ1v) is 13.3. The van der Waals surface area contributed by atoms with Gasteiger partial charge in [-0.1, -0.05) is 96.5 Å². The van der Waals surface area contributed by atoms with Gasteiger partial charge in [-0.3, -0.25) is 0 Å². The van der Waals surface area contributed by atoms with E-state index in [0.29, 0.717) is 11.5 Å². The molecule has 0 bridgehead atoms. The third-order valence-corrected chi connectivity index (χ3v) is 7.72. The van der Waals surface area contributed by atoms with Crippen molar-refractivity contribution >= 4 is 8.07 Å². The normalized spacial score (nSPS) is 17.1. The lowest BCUT2D eigenvalue weighted by Crippen LogP contribution is -2.24. The van der Waals surface area contributed by atoms with Crippen LogP contribution in [0.15, 0.2) is 60.2 Å². The molecule has 0 spiro atoms. The fraction of sp³-hybridized carbons (Fsp3) is 0.360. The van der Waals surface area contributed by atoms with E-state index in [4.69, 9.17) is 0 Å². The van der Waals surface area contributed by atoms with Crippen LogP contribution >= 0.6 is 0 Å². The smallest absolute Gasteiger partial charge is 0.0558 e. The molecule has 1 atom stereocenters. The minimum absolute atomic E-state index is 0.324. The standard InChI is InChI=1S/C25H32Si/c1-17-10-18(2)13-22(12-17)25(23-14-19(3)11-20(4)15-23)21-8-9-24(16-21)26(5,6)7/h8-16,24-25H,1-7H3. The molecule has 0 fully saturated rings. The van der Waals surface area contributed by atoms with Crippen LogP contribution in [-0.4, -0.2) is 8.07 Å². The van der Waals surface area contributed by atoms with Crippen molar-refractivity contribution in [2.45, 2.75) is 58.8 Å². The molecule has 0 saturated carbocycles. The lowest BCUT2D eigenvalue weighted by molar-refractivity contribution is 0.965. The van der Waals surface area contributed by atoms with Gasteiger partial charge in [0.2, 0.25) is 0 Å². The van der Waals surface area contributed by atoms with E-state index in [1.54, 1.807) is 0 Å². The molecule has 3 rings (SSSR count). The highest BCUT2D eigenvalue weighted by molar-refractivity contribution is 6.78. The molecule has 1 aliphatic rings. The Kier molecular flexibility index (Phi) is 5.12. The third-order valence-electron chi connectivity index (χ3n) is 5.36. The number of hydrogen-bond acceptors (Lipinski definition) is 0. The van der Waals surface area contributed by atoms with Crippen molar-refractivity contribution in [2.75, 3.05) is 0 Å². The van der Waals surface area contributed by atoms with Gasteiger partial charge < -0.3 is 0 Å². The number of rotatable bonds is 4. The maximum Gasteiger partial charge on any atom is 0.0558 e.